The molecule has 3 aliphatic heterocycles. The van der Waals surface area contributed by atoms with Crippen LogP contribution in [0.1, 0.15) is 31.2 Å². The lowest BCUT2D eigenvalue weighted by atomic mass is 9.93. The molecule has 2 aromatic heterocycles. The summed E-state index contributed by atoms with van der Waals surface area (Å²) >= 11 is 0. The topological polar surface area (TPSA) is 141 Å². The number of carbonyl (C=O) groups is 3. The molecule has 1 atom stereocenters. The smallest absolute Gasteiger partial charge is 0.249 e. The first-order valence-corrected chi connectivity index (χ1v) is 18.7. The minimum atomic E-state index is -1.11. The fourth-order valence-electron chi connectivity index (χ4n) is 7.75. The van der Waals surface area contributed by atoms with E-state index in [0.29, 0.717) is 30.8 Å². The van der Waals surface area contributed by atoms with Gasteiger partial charge in [0, 0.05) is 99.7 Å². The lowest BCUT2D eigenvalue weighted by molar-refractivity contribution is -0.134. The Hall–Kier alpha value is -6.39. The molecule has 5 heterocycles. The van der Waals surface area contributed by atoms with Gasteiger partial charge in [0.25, 0.3) is 0 Å². The van der Waals surface area contributed by atoms with Crippen LogP contribution in [-0.4, -0.2) is 95.0 Å². The highest BCUT2D eigenvalue weighted by Crippen LogP contribution is 2.39. The number of carbonyl (C=O) groups excluding carboxylic acids is 3. The lowest BCUT2D eigenvalue weighted by Gasteiger charge is -2.38. The number of imide groups is 1. The van der Waals surface area contributed by atoms with Crippen LogP contribution in [0.5, 0.6) is 5.75 Å². The molecule has 296 valence electrons. The number of hydrogen-bond acceptors (Lipinski definition) is 9. The molecule has 0 aliphatic carbocycles. The molecule has 2 saturated heterocycles. The van der Waals surface area contributed by atoms with Gasteiger partial charge in [-0.2, -0.15) is 10.2 Å². The first kappa shape index (κ1) is 37.5. The Morgan fingerprint density at radius 2 is 1.74 bits per heavy atom. The monoisotopic (exact) mass is 785 g/mol. The van der Waals surface area contributed by atoms with Gasteiger partial charge in [-0.25, -0.2) is 17.6 Å². The average molecular weight is 786 g/mol. The molecule has 3 aliphatic rings. The minimum absolute atomic E-state index is 0.0303. The van der Waals surface area contributed by atoms with Crippen LogP contribution in [0.2, 0.25) is 0 Å². The number of methoxy groups -OCH3 is 1. The molecule has 3 amide bonds. The largest absolute Gasteiger partial charge is 0.495 e. The molecule has 8 rings (SSSR count). The fourth-order valence-corrected chi connectivity index (χ4v) is 7.75. The Labute approximate surface area is 324 Å². The zero-order valence-corrected chi connectivity index (χ0v) is 31.0. The fraction of sp³-hybridized carbons (Fsp3) is 0.325. The van der Waals surface area contributed by atoms with Crippen LogP contribution < -0.4 is 25.2 Å². The van der Waals surface area contributed by atoms with E-state index in [1.807, 2.05) is 6.08 Å². The maximum Gasteiger partial charge on any atom is 0.249 e. The SMILES string of the molecule is COc1cc(N2CCN(c3ccc(-c4cc(C5=CCCN(C(=O)CCn6cccn6)C5)c(F)c5[nH]ncc45)c(F)c3F)CC2)c(F)cc1NC1CCC(=O)NC1=O. The third kappa shape index (κ3) is 7.36. The molecule has 13 nitrogen and oxygen atoms in total. The number of nitrogens with one attached hydrogen (secondary N) is 3. The van der Waals surface area contributed by atoms with Crippen LogP contribution in [0.15, 0.2) is 61.1 Å². The van der Waals surface area contributed by atoms with Crippen molar-refractivity contribution in [2.75, 3.05) is 61.5 Å². The average Bonchev–Trinajstić information content (AvgIpc) is 3.94. The van der Waals surface area contributed by atoms with Crippen LogP contribution in [0, 0.1) is 23.3 Å². The number of piperazine rings is 1. The van der Waals surface area contributed by atoms with E-state index >= 15 is 17.6 Å². The normalized spacial score (nSPS) is 17.5. The van der Waals surface area contributed by atoms with Crippen molar-refractivity contribution in [2.45, 2.75) is 38.3 Å². The molecular weight excluding hydrogens is 746 g/mol. The Balaban J connectivity index is 0.988. The van der Waals surface area contributed by atoms with Gasteiger partial charge in [0.05, 0.1) is 30.4 Å². The van der Waals surface area contributed by atoms with E-state index in [9.17, 15) is 14.4 Å². The molecule has 2 fully saturated rings. The molecule has 5 aromatic rings. The molecule has 0 saturated carbocycles. The van der Waals surface area contributed by atoms with Crippen molar-refractivity contribution < 1.29 is 36.7 Å². The summed E-state index contributed by atoms with van der Waals surface area (Å²) in [7, 11) is 1.42. The number of H-pyrrole nitrogens is 1. The molecular formula is C40H39F4N9O4. The van der Waals surface area contributed by atoms with Gasteiger partial charge in [-0.1, -0.05) is 6.08 Å². The number of piperidine rings is 1. The van der Waals surface area contributed by atoms with E-state index in [-0.39, 0.29) is 108 Å². The predicted octanol–water partition coefficient (Wildman–Crippen LogP) is 5.24. The van der Waals surface area contributed by atoms with Gasteiger partial charge in [-0.15, -0.1) is 0 Å². The van der Waals surface area contributed by atoms with Gasteiger partial charge in [-0.05, 0) is 48.2 Å². The number of rotatable bonds is 10. The summed E-state index contributed by atoms with van der Waals surface area (Å²) in [6.07, 6.45) is 7.77. The lowest BCUT2D eigenvalue weighted by Crippen LogP contribution is -2.47. The maximum atomic E-state index is 16.2. The highest BCUT2D eigenvalue weighted by molar-refractivity contribution is 6.01. The molecule has 0 radical (unpaired) electrons. The van der Waals surface area contributed by atoms with E-state index < -0.39 is 35.2 Å². The number of anilines is 3. The molecule has 17 heteroatoms. The summed E-state index contributed by atoms with van der Waals surface area (Å²) in [5.74, 6) is -4.04. The van der Waals surface area contributed by atoms with Gasteiger partial charge >= 0.3 is 0 Å². The van der Waals surface area contributed by atoms with Crippen LogP contribution in [0.3, 0.4) is 0 Å². The van der Waals surface area contributed by atoms with Crippen molar-refractivity contribution in [3.63, 3.8) is 0 Å². The van der Waals surface area contributed by atoms with Crippen molar-refractivity contribution >= 4 is 51.3 Å². The molecule has 3 aromatic carbocycles. The second-order valence-electron chi connectivity index (χ2n) is 14.2. The Bertz CT molecular complexity index is 2390. The van der Waals surface area contributed by atoms with Crippen LogP contribution in [0.25, 0.3) is 27.6 Å². The molecule has 1 unspecified atom stereocenters. The summed E-state index contributed by atoms with van der Waals surface area (Å²) in [4.78, 5) is 42.0. The van der Waals surface area contributed by atoms with Gasteiger partial charge in [0.15, 0.2) is 17.5 Å². The van der Waals surface area contributed by atoms with Crippen molar-refractivity contribution in [3.8, 4) is 16.9 Å². The first-order chi connectivity index (χ1) is 27.6. The zero-order valence-electron chi connectivity index (χ0n) is 31.0. The number of amides is 3. The van der Waals surface area contributed by atoms with E-state index in [2.05, 4.69) is 25.9 Å². The number of nitrogens with zero attached hydrogens (tertiary/aromatic N) is 6. The van der Waals surface area contributed by atoms with Gasteiger partial charge in [0.2, 0.25) is 17.7 Å². The third-order valence-electron chi connectivity index (χ3n) is 10.8. The van der Waals surface area contributed by atoms with Gasteiger partial charge in [0.1, 0.15) is 23.1 Å². The third-order valence-corrected chi connectivity index (χ3v) is 10.8. The summed E-state index contributed by atoms with van der Waals surface area (Å²) in [6.45, 7) is 2.06. The van der Waals surface area contributed by atoms with Crippen LogP contribution in [-0.2, 0) is 20.9 Å². The quantitative estimate of drug-likeness (QED) is 0.128. The zero-order chi connectivity index (χ0) is 39.8. The number of ether oxygens (including phenoxy) is 1. The van der Waals surface area contributed by atoms with E-state index in [4.69, 9.17) is 4.74 Å². The van der Waals surface area contributed by atoms with Crippen LogP contribution >= 0.6 is 0 Å². The maximum absolute atomic E-state index is 16.2. The molecule has 3 N–H and O–H groups in total. The predicted molar refractivity (Wildman–Crippen MR) is 205 cm³/mol. The number of halogens is 4. The Morgan fingerprint density at radius 1 is 0.947 bits per heavy atom. The Morgan fingerprint density at radius 3 is 2.47 bits per heavy atom. The first-order valence-electron chi connectivity index (χ1n) is 18.7. The highest BCUT2D eigenvalue weighted by atomic mass is 19.2. The van der Waals surface area contributed by atoms with E-state index in [1.54, 1.807) is 37.8 Å². The number of fused-ring (bicyclic) bond motifs is 1. The van der Waals surface area contributed by atoms with Gasteiger partial charge < -0.3 is 24.8 Å². The van der Waals surface area contributed by atoms with Crippen molar-refractivity contribution in [1.82, 2.24) is 30.2 Å². The number of aromatic amines is 1. The molecule has 0 bridgehead atoms. The van der Waals surface area contributed by atoms with E-state index in [1.165, 1.54) is 43.6 Å². The van der Waals surface area contributed by atoms with E-state index in [0.717, 1.165) is 0 Å². The number of hydrogen-bond donors (Lipinski definition) is 3. The second kappa shape index (κ2) is 15.6. The molecule has 57 heavy (non-hydrogen) atoms. The summed E-state index contributed by atoms with van der Waals surface area (Å²) < 4.78 is 71.0. The van der Waals surface area contributed by atoms with Crippen molar-refractivity contribution in [2.24, 2.45) is 0 Å². The second-order valence-corrected chi connectivity index (χ2v) is 14.2. The minimum Gasteiger partial charge on any atom is -0.495 e. The highest BCUT2D eigenvalue weighted by Gasteiger charge is 2.30. The van der Waals surface area contributed by atoms with Gasteiger partial charge in [-0.3, -0.25) is 29.5 Å². The summed E-state index contributed by atoms with van der Waals surface area (Å²) in [6, 6.07) is 8.23. The van der Waals surface area contributed by atoms with Crippen molar-refractivity contribution in [3.05, 3.63) is 89.9 Å². The summed E-state index contributed by atoms with van der Waals surface area (Å²) in [5.41, 5.74) is 1.45. The van der Waals surface area contributed by atoms with Crippen LogP contribution in [0.4, 0.5) is 34.6 Å². The summed E-state index contributed by atoms with van der Waals surface area (Å²) in [5, 5.41) is 16.3. The number of aromatic nitrogens is 4. The Kier molecular flexibility index (Phi) is 10.3. The molecule has 0 spiro atoms. The number of benzene rings is 3. The number of aryl methyl sites for hydroxylation is 1. The van der Waals surface area contributed by atoms with Crippen molar-refractivity contribution in [1.29, 1.82) is 0 Å². The standard InChI is InChI=1S/C40H39F4N9O4/c1-57-33-20-32(28(41)19-30(33)47-29-6-8-34(54)48-40(29)56)51-16-14-50(15-17-51)31-7-5-24(36(42)38(31)44)26-18-25(37(43)39-27(26)21-45-49-39)23-4-2-11-52(22-23)35(55)9-13-53-12-3-10-46-53/h3-5,7,10,12,18-21,29,47H,2,6,8-9,11,13-17,22H2,1H3,(H,45,49)(H,48,54,56).